The lowest BCUT2D eigenvalue weighted by Crippen LogP contribution is -2.05. The number of pyridine rings is 1. The summed E-state index contributed by atoms with van der Waals surface area (Å²) in [4.78, 5) is 15.0. The number of nitrogens with zero attached hydrogens (tertiary/aromatic N) is 3. The zero-order valence-electron chi connectivity index (χ0n) is 11.3. The summed E-state index contributed by atoms with van der Waals surface area (Å²) in [6, 6.07) is 11.0. The number of hydrogen-bond donors (Lipinski definition) is 2. The van der Waals surface area contributed by atoms with E-state index < -0.39 is 17.4 Å². The summed E-state index contributed by atoms with van der Waals surface area (Å²) in [5.41, 5.74) is 0.397. The van der Waals surface area contributed by atoms with Crippen molar-refractivity contribution in [1.82, 2.24) is 9.55 Å². The van der Waals surface area contributed by atoms with Crippen LogP contribution in [0.2, 0.25) is 0 Å². The molecule has 3 aromatic rings. The second-order valence-corrected chi connectivity index (χ2v) is 6.12. The van der Waals surface area contributed by atoms with Crippen molar-refractivity contribution in [3.63, 3.8) is 0 Å². The van der Waals surface area contributed by atoms with Crippen molar-refractivity contribution >= 4 is 48.7 Å². The van der Waals surface area contributed by atoms with E-state index in [0.29, 0.717) is 14.6 Å². The number of carboxylic acids is 1. The normalized spacial score (nSPS) is 10.7. The van der Waals surface area contributed by atoms with E-state index in [1.165, 1.54) is 0 Å². The number of halogens is 2. The summed E-state index contributed by atoms with van der Waals surface area (Å²) in [5, 5.41) is 29.0. The van der Waals surface area contributed by atoms with Crippen LogP contribution in [0.1, 0.15) is 16.2 Å². The highest BCUT2D eigenvalue weighted by atomic mass is 79.9. The SMILES string of the molecule is N#Cc1nc(C(=O)O)c(O)c2c(Br)c(Br)n(-c3ccccc3)c12. The van der Waals surface area contributed by atoms with Crippen LogP contribution in [0, 0.1) is 11.3 Å². The first-order valence-electron chi connectivity index (χ1n) is 6.28. The van der Waals surface area contributed by atoms with Crippen LogP contribution in [0.5, 0.6) is 5.75 Å². The fraction of sp³-hybridized carbons (Fsp3) is 0. The summed E-state index contributed by atoms with van der Waals surface area (Å²) in [7, 11) is 0. The number of para-hydroxylation sites is 1. The topological polar surface area (TPSA) is 99.1 Å². The van der Waals surface area contributed by atoms with Gasteiger partial charge in [0.05, 0.1) is 15.4 Å². The van der Waals surface area contributed by atoms with Crippen molar-refractivity contribution in [2.45, 2.75) is 0 Å². The first kappa shape index (κ1) is 15.5. The highest BCUT2D eigenvalue weighted by molar-refractivity contribution is 9.13. The predicted octanol–water partition coefficient (Wildman–Crippen LogP) is 3.83. The number of rotatable bonds is 2. The van der Waals surface area contributed by atoms with Gasteiger partial charge in [-0.25, -0.2) is 9.78 Å². The number of aromatic hydroxyl groups is 1. The van der Waals surface area contributed by atoms with Crippen LogP contribution in [0.3, 0.4) is 0 Å². The average molecular weight is 437 g/mol. The molecule has 2 aromatic heterocycles. The molecule has 0 saturated carbocycles. The van der Waals surface area contributed by atoms with Gasteiger partial charge in [-0.05, 0) is 44.0 Å². The number of aromatic nitrogens is 2. The molecular weight excluding hydrogens is 430 g/mol. The van der Waals surface area contributed by atoms with E-state index in [4.69, 9.17) is 5.11 Å². The molecule has 0 amide bonds. The molecule has 0 saturated heterocycles. The number of carboxylic acid groups (broad SMARTS) is 1. The van der Waals surface area contributed by atoms with E-state index in [0.717, 1.165) is 5.69 Å². The maximum absolute atomic E-state index is 11.2. The molecule has 2 N–H and O–H groups in total. The predicted molar refractivity (Wildman–Crippen MR) is 89.8 cm³/mol. The molecule has 1 aromatic carbocycles. The summed E-state index contributed by atoms with van der Waals surface area (Å²) in [6.07, 6.45) is 0. The molecule has 114 valence electrons. The molecular formula is C15H7Br2N3O3. The fourth-order valence-electron chi connectivity index (χ4n) is 2.34. The third kappa shape index (κ3) is 2.29. The van der Waals surface area contributed by atoms with E-state index in [1.807, 2.05) is 36.4 Å². The highest BCUT2D eigenvalue weighted by Crippen LogP contribution is 2.43. The van der Waals surface area contributed by atoms with Gasteiger partial charge in [-0.3, -0.25) is 4.57 Å². The minimum absolute atomic E-state index is 0.0922. The standard InChI is InChI=1S/C15H7Br2N3O3/c16-10-9-12(8(6-18)19-11(13(9)21)15(22)23)20(14(10)17)7-4-2-1-3-5-7/h1-5,21H,(H,22,23). The van der Waals surface area contributed by atoms with Crippen LogP contribution < -0.4 is 0 Å². The van der Waals surface area contributed by atoms with Gasteiger partial charge in [0.2, 0.25) is 0 Å². The van der Waals surface area contributed by atoms with Crippen LogP contribution in [0.15, 0.2) is 39.4 Å². The summed E-state index contributed by atoms with van der Waals surface area (Å²) >= 11 is 6.75. The lowest BCUT2D eigenvalue weighted by Gasteiger charge is -2.09. The van der Waals surface area contributed by atoms with Gasteiger partial charge in [0.25, 0.3) is 0 Å². The Morgan fingerprint density at radius 1 is 1.26 bits per heavy atom. The van der Waals surface area contributed by atoms with Crippen LogP contribution >= 0.6 is 31.9 Å². The second kappa shape index (κ2) is 5.68. The molecule has 8 heteroatoms. The smallest absolute Gasteiger partial charge is 0.358 e. The van der Waals surface area contributed by atoms with E-state index in [9.17, 15) is 15.2 Å². The third-order valence-electron chi connectivity index (χ3n) is 3.29. The maximum Gasteiger partial charge on any atom is 0.358 e. The lowest BCUT2D eigenvalue weighted by atomic mass is 10.2. The number of carbonyl (C=O) groups is 1. The molecule has 0 spiro atoms. The number of aromatic carboxylic acids is 1. The molecule has 2 heterocycles. The van der Waals surface area contributed by atoms with Crippen LogP contribution in [0.4, 0.5) is 0 Å². The highest BCUT2D eigenvalue weighted by Gasteiger charge is 2.26. The summed E-state index contributed by atoms with van der Waals surface area (Å²) in [6.45, 7) is 0. The Kier molecular flexibility index (Phi) is 3.83. The van der Waals surface area contributed by atoms with Crippen LogP contribution in [-0.4, -0.2) is 25.7 Å². The van der Waals surface area contributed by atoms with Gasteiger partial charge < -0.3 is 10.2 Å². The van der Waals surface area contributed by atoms with E-state index in [2.05, 4.69) is 36.8 Å². The van der Waals surface area contributed by atoms with E-state index in [-0.39, 0.29) is 11.1 Å². The van der Waals surface area contributed by atoms with Crippen molar-refractivity contribution in [2.75, 3.05) is 0 Å². The minimum atomic E-state index is -1.41. The minimum Gasteiger partial charge on any atom is -0.505 e. The quantitative estimate of drug-likeness (QED) is 0.635. The van der Waals surface area contributed by atoms with Gasteiger partial charge in [0.15, 0.2) is 17.1 Å². The number of nitriles is 1. The Morgan fingerprint density at radius 2 is 1.91 bits per heavy atom. The molecule has 0 aliphatic carbocycles. The Bertz CT molecular complexity index is 991. The molecule has 23 heavy (non-hydrogen) atoms. The molecule has 0 aliphatic rings. The maximum atomic E-state index is 11.2. The number of fused-ring (bicyclic) bond motifs is 1. The molecule has 0 atom stereocenters. The van der Waals surface area contributed by atoms with Crippen molar-refractivity contribution in [3.8, 4) is 17.5 Å². The summed E-state index contributed by atoms with van der Waals surface area (Å²) in [5.74, 6) is -1.90. The van der Waals surface area contributed by atoms with Gasteiger partial charge >= 0.3 is 5.97 Å². The summed E-state index contributed by atoms with van der Waals surface area (Å²) < 4.78 is 2.65. The molecule has 3 rings (SSSR count). The van der Waals surface area contributed by atoms with Crippen molar-refractivity contribution in [1.29, 1.82) is 5.26 Å². The third-order valence-corrected chi connectivity index (χ3v) is 5.34. The molecule has 0 aliphatic heterocycles. The zero-order valence-corrected chi connectivity index (χ0v) is 14.5. The fourth-order valence-corrected chi connectivity index (χ4v) is 3.47. The van der Waals surface area contributed by atoms with Gasteiger partial charge in [0.1, 0.15) is 10.7 Å². The zero-order chi connectivity index (χ0) is 16.7. The Morgan fingerprint density at radius 3 is 2.48 bits per heavy atom. The Hall–Kier alpha value is -2.37. The monoisotopic (exact) mass is 435 g/mol. The average Bonchev–Trinajstić information content (AvgIpc) is 2.81. The largest absolute Gasteiger partial charge is 0.505 e. The molecule has 0 radical (unpaired) electrons. The van der Waals surface area contributed by atoms with Crippen molar-refractivity contribution < 1.29 is 15.0 Å². The molecule has 0 unspecified atom stereocenters. The first-order valence-corrected chi connectivity index (χ1v) is 7.87. The van der Waals surface area contributed by atoms with E-state index >= 15 is 0 Å². The van der Waals surface area contributed by atoms with Crippen LogP contribution in [-0.2, 0) is 0 Å². The lowest BCUT2D eigenvalue weighted by molar-refractivity contribution is 0.0687. The van der Waals surface area contributed by atoms with Crippen LogP contribution in [0.25, 0.3) is 16.6 Å². The number of hydrogen-bond acceptors (Lipinski definition) is 4. The van der Waals surface area contributed by atoms with Gasteiger partial charge in [-0.15, -0.1) is 0 Å². The molecule has 0 fully saturated rings. The number of benzene rings is 1. The van der Waals surface area contributed by atoms with Crippen molar-refractivity contribution in [3.05, 3.63) is 50.8 Å². The Labute approximate surface area is 146 Å². The van der Waals surface area contributed by atoms with Gasteiger partial charge in [-0.2, -0.15) is 5.26 Å². The van der Waals surface area contributed by atoms with Gasteiger partial charge in [0, 0.05) is 5.69 Å². The molecule has 6 nitrogen and oxygen atoms in total. The second-order valence-electron chi connectivity index (χ2n) is 4.57. The first-order chi connectivity index (χ1) is 11.0. The Balaban J connectivity index is 2.55. The van der Waals surface area contributed by atoms with Crippen molar-refractivity contribution in [2.24, 2.45) is 0 Å². The van der Waals surface area contributed by atoms with E-state index in [1.54, 1.807) is 4.57 Å². The molecule has 0 bridgehead atoms. The van der Waals surface area contributed by atoms with Gasteiger partial charge in [-0.1, -0.05) is 18.2 Å².